The average molecular weight is 343 g/mol. The van der Waals surface area contributed by atoms with E-state index < -0.39 is 6.10 Å². The summed E-state index contributed by atoms with van der Waals surface area (Å²) in [6, 6.07) is 19.7. The van der Waals surface area contributed by atoms with Gasteiger partial charge >= 0.3 is 0 Å². The van der Waals surface area contributed by atoms with Gasteiger partial charge in [0.05, 0.1) is 11.4 Å². The van der Waals surface area contributed by atoms with Crippen LogP contribution in [-0.2, 0) is 6.42 Å². The molecule has 0 bridgehead atoms. The number of benzene rings is 2. The van der Waals surface area contributed by atoms with Gasteiger partial charge in [-0.05, 0) is 35.9 Å². The second-order valence-corrected chi connectivity index (χ2v) is 5.78. The van der Waals surface area contributed by atoms with Gasteiger partial charge in [0, 0.05) is 17.1 Å². The molecule has 2 aromatic carbocycles. The molecule has 1 N–H and O–H groups in total. The Morgan fingerprint density at radius 3 is 2.43 bits per heavy atom. The smallest absolute Gasteiger partial charge is 0.102 e. The topological polar surface area (TPSA) is 38.0 Å². The predicted octanol–water partition coefficient (Wildman–Crippen LogP) is 3.91. The molecule has 21 heavy (non-hydrogen) atoms. The Hall–Kier alpha value is -1.91. The maximum atomic E-state index is 10.3. The lowest BCUT2D eigenvalue weighted by Gasteiger charge is -2.08. The van der Waals surface area contributed by atoms with Gasteiger partial charge in [0.15, 0.2) is 0 Å². The van der Waals surface area contributed by atoms with Gasteiger partial charge in [-0.15, -0.1) is 0 Å². The van der Waals surface area contributed by atoms with Crippen LogP contribution in [0.4, 0.5) is 0 Å². The quantitative estimate of drug-likeness (QED) is 0.780. The van der Waals surface area contributed by atoms with Crippen LogP contribution in [-0.4, -0.2) is 14.9 Å². The van der Waals surface area contributed by atoms with Crippen LogP contribution in [0.25, 0.3) is 5.69 Å². The first-order chi connectivity index (χ1) is 10.2. The molecule has 4 heteroatoms. The Labute approximate surface area is 132 Å². The fourth-order valence-electron chi connectivity index (χ4n) is 2.19. The van der Waals surface area contributed by atoms with Crippen LogP contribution < -0.4 is 0 Å². The van der Waals surface area contributed by atoms with E-state index in [2.05, 4.69) is 21.0 Å². The van der Waals surface area contributed by atoms with E-state index in [1.54, 1.807) is 4.68 Å². The molecule has 0 aliphatic carbocycles. The molecule has 0 saturated heterocycles. The van der Waals surface area contributed by atoms with Gasteiger partial charge in [-0.1, -0.05) is 46.3 Å². The summed E-state index contributed by atoms with van der Waals surface area (Å²) in [5.74, 6) is 0. The van der Waals surface area contributed by atoms with Gasteiger partial charge in [0.1, 0.15) is 6.10 Å². The zero-order valence-electron chi connectivity index (χ0n) is 11.4. The highest BCUT2D eigenvalue weighted by atomic mass is 79.9. The van der Waals surface area contributed by atoms with Crippen molar-refractivity contribution in [2.45, 2.75) is 12.5 Å². The highest BCUT2D eigenvalue weighted by Crippen LogP contribution is 2.19. The summed E-state index contributed by atoms with van der Waals surface area (Å²) in [6.45, 7) is 0. The van der Waals surface area contributed by atoms with Gasteiger partial charge in [0.25, 0.3) is 0 Å². The second-order valence-electron chi connectivity index (χ2n) is 4.87. The van der Waals surface area contributed by atoms with Crippen LogP contribution in [0.5, 0.6) is 0 Å². The van der Waals surface area contributed by atoms with Crippen LogP contribution in [0.3, 0.4) is 0 Å². The third kappa shape index (κ3) is 3.40. The zero-order valence-corrected chi connectivity index (χ0v) is 12.9. The van der Waals surface area contributed by atoms with Gasteiger partial charge < -0.3 is 5.11 Å². The summed E-state index contributed by atoms with van der Waals surface area (Å²) in [5.41, 5.74) is 2.75. The molecule has 106 valence electrons. The van der Waals surface area contributed by atoms with Gasteiger partial charge in [-0.3, -0.25) is 0 Å². The Morgan fingerprint density at radius 2 is 1.71 bits per heavy atom. The summed E-state index contributed by atoms with van der Waals surface area (Å²) < 4.78 is 2.81. The third-order valence-electron chi connectivity index (χ3n) is 3.31. The Balaban J connectivity index is 1.75. The molecular weight excluding hydrogens is 328 g/mol. The third-order valence-corrected chi connectivity index (χ3v) is 3.84. The average Bonchev–Trinajstić information content (AvgIpc) is 3.00. The summed E-state index contributed by atoms with van der Waals surface area (Å²) in [7, 11) is 0. The molecule has 0 saturated carbocycles. The van der Waals surface area contributed by atoms with Crippen molar-refractivity contribution < 1.29 is 5.11 Å². The summed E-state index contributed by atoms with van der Waals surface area (Å²) in [6.07, 6.45) is 1.82. The molecule has 0 amide bonds. The van der Waals surface area contributed by atoms with E-state index in [0.717, 1.165) is 15.7 Å². The first-order valence-electron chi connectivity index (χ1n) is 6.76. The van der Waals surface area contributed by atoms with Crippen LogP contribution in [0.1, 0.15) is 17.4 Å². The minimum Gasteiger partial charge on any atom is -0.386 e. The summed E-state index contributed by atoms with van der Waals surface area (Å²) in [4.78, 5) is 0. The number of aliphatic hydroxyl groups is 1. The molecule has 0 spiro atoms. The molecule has 0 aliphatic rings. The molecule has 3 rings (SSSR count). The number of hydrogen-bond acceptors (Lipinski definition) is 2. The molecule has 3 nitrogen and oxygen atoms in total. The molecule has 0 aliphatic heterocycles. The van der Waals surface area contributed by atoms with E-state index >= 15 is 0 Å². The Morgan fingerprint density at radius 1 is 1.00 bits per heavy atom. The van der Waals surface area contributed by atoms with E-state index in [9.17, 15) is 5.11 Å². The van der Waals surface area contributed by atoms with Crippen molar-refractivity contribution in [3.63, 3.8) is 0 Å². The highest BCUT2D eigenvalue weighted by Gasteiger charge is 2.12. The number of aliphatic hydroxyl groups excluding tert-OH is 1. The fraction of sp³-hybridized carbons (Fsp3) is 0.118. The van der Waals surface area contributed by atoms with Crippen molar-refractivity contribution in [1.82, 2.24) is 9.78 Å². The van der Waals surface area contributed by atoms with Gasteiger partial charge in [-0.25, -0.2) is 4.68 Å². The van der Waals surface area contributed by atoms with E-state index in [1.165, 1.54) is 0 Å². The molecule has 1 atom stereocenters. The van der Waals surface area contributed by atoms with Crippen molar-refractivity contribution in [3.05, 3.63) is 82.6 Å². The molecule has 0 fully saturated rings. The predicted molar refractivity (Wildman–Crippen MR) is 86.4 cm³/mol. The SMILES string of the molecule is OC(Cc1ccc(Br)cc1)c1ccn(-c2ccccc2)n1. The number of aromatic nitrogens is 2. The minimum absolute atomic E-state index is 0.555. The normalized spacial score (nSPS) is 12.3. The van der Waals surface area contributed by atoms with Crippen molar-refractivity contribution in [2.24, 2.45) is 0 Å². The molecule has 1 aromatic heterocycles. The first kappa shape index (κ1) is 14.0. The minimum atomic E-state index is -0.601. The lowest BCUT2D eigenvalue weighted by Crippen LogP contribution is -2.04. The highest BCUT2D eigenvalue weighted by molar-refractivity contribution is 9.10. The standard InChI is InChI=1S/C17H15BrN2O/c18-14-8-6-13(7-9-14)12-17(21)16-10-11-20(19-16)15-4-2-1-3-5-15/h1-11,17,21H,12H2. The molecule has 1 heterocycles. The van der Waals surface area contributed by atoms with E-state index in [1.807, 2.05) is 66.9 Å². The zero-order chi connectivity index (χ0) is 14.7. The van der Waals surface area contributed by atoms with E-state index in [4.69, 9.17) is 0 Å². The van der Waals surface area contributed by atoms with Crippen molar-refractivity contribution in [3.8, 4) is 5.69 Å². The Kier molecular flexibility index (Phi) is 4.18. The van der Waals surface area contributed by atoms with E-state index in [0.29, 0.717) is 12.1 Å². The van der Waals surface area contributed by atoms with Gasteiger partial charge in [0.2, 0.25) is 0 Å². The van der Waals surface area contributed by atoms with E-state index in [-0.39, 0.29) is 0 Å². The monoisotopic (exact) mass is 342 g/mol. The van der Waals surface area contributed by atoms with Crippen molar-refractivity contribution >= 4 is 15.9 Å². The maximum absolute atomic E-state index is 10.3. The summed E-state index contributed by atoms with van der Waals surface area (Å²) in [5, 5.41) is 14.8. The van der Waals surface area contributed by atoms with Crippen LogP contribution in [0.2, 0.25) is 0 Å². The second kappa shape index (κ2) is 6.24. The van der Waals surface area contributed by atoms with Gasteiger partial charge in [-0.2, -0.15) is 5.10 Å². The van der Waals surface area contributed by atoms with Crippen molar-refractivity contribution in [1.29, 1.82) is 0 Å². The Bertz CT molecular complexity index is 707. The first-order valence-corrected chi connectivity index (χ1v) is 7.55. The molecule has 3 aromatic rings. The van der Waals surface area contributed by atoms with Crippen LogP contribution in [0.15, 0.2) is 71.3 Å². The number of rotatable bonds is 4. The number of nitrogens with zero attached hydrogens (tertiary/aromatic N) is 2. The molecule has 0 radical (unpaired) electrons. The van der Waals surface area contributed by atoms with Crippen LogP contribution in [0, 0.1) is 0 Å². The fourth-order valence-corrected chi connectivity index (χ4v) is 2.45. The molecule has 1 unspecified atom stereocenters. The number of hydrogen-bond donors (Lipinski definition) is 1. The molecular formula is C17H15BrN2O. The largest absolute Gasteiger partial charge is 0.386 e. The van der Waals surface area contributed by atoms with Crippen LogP contribution >= 0.6 is 15.9 Å². The number of halogens is 1. The lowest BCUT2D eigenvalue weighted by molar-refractivity contribution is 0.173. The lowest BCUT2D eigenvalue weighted by atomic mass is 10.1. The summed E-state index contributed by atoms with van der Waals surface area (Å²) >= 11 is 3.41. The van der Waals surface area contributed by atoms with Crippen molar-refractivity contribution in [2.75, 3.05) is 0 Å². The number of para-hydroxylation sites is 1. The maximum Gasteiger partial charge on any atom is 0.102 e.